The zero-order valence-corrected chi connectivity index (χ0v) is 8.82. The van der Waals surface area contributed by atoms with Crippen LogP contribution in [0.15, 0.2) is 0 Å². The third kappa shape index (κ3) is 1.44. The highest BCUT2D eigenvalue weighted by Crippen LogP contribution is 2.24. The average molecular weight is 258 g/mol. The van der Waals surface area contributed by atoms with Gasteiger partial charge in [0.2, 0.25) is 0 Å². The molecule has 2 aromatic rings. The van der Waals surface area contributed by atoms with Gasteiger partial charge in [0.1, 0.15) is 0 Å². The van der Waals surface area contributed by atoms with Crippen LogP contribution in [-0.2, 0) is 0 Å². The molecule has 0 unspecified atom stereocenters. The molecule has 8 heteroatoms. The third-order valence-corrected chi connectivity index (χ3v) is 2.61. The van der Waals surface area contributed by atoms with E-state index in [-0.39, 0.29) is 26.4 Å². The van der Waals surface area contributed by atoms with Gasteiger partial charge in [-0.15, -0.1) is 5.10 Å². The molecule has 2 aromatic heterocycles. The molecular weight excluding hydrogens is 258 g/mol. The molecule has 0 aromatic carbocycles. The molecule has 0 saturated heterocycles. The summed E-state index contributed by atoms with van der Waals surface area (Å²) in [6, 6.07) is 0. The Bertz CT molecular complexity index is 479. The molecular formula is C5Cl4N4. The maximum atomic E-state index is 5.73. The molecule has 2 rings (SSSR count). The second-order valence-electron chi connectivity index (χ2n) is 2.10. The Labute approximate surface area is 92.4 Å². The van der Waals surface area contributed by atoms with E-state index in [0.29, 0.717) is 0 Å². The van der Waals surface area contributed by atoms with Gasteiger partial charge in [0.15, 0.2) is 20.6 Å². The van der Waals surface area contributed by atoms with Crippen LogP contribution in [0, 0.1) is 0 Å². The van der Waals surface area contributed by atoms with Crippen LogP contribution in [0.4, 0.5) is 0 Å². The first-order valence-electron chi connectivity index (χ1n) is 3.02. The fourth-order valence-corrected chi connectivity index (χ4v) is 1.32. The maximum Gasteiger partial charge on any atom is 0.255 e. The van der Waals surface area contributed by atoms with Crippen LogP contribution in [-0.4, -0.2) is 19.6 Å². The van der Waals surface area contributed by atoms with Gasteiger partial charge in [0, 0.05) is 0 Å². The predicted octanol–water partition coefficient (Wildman–Crippen LogP) is 2.74. The van der Waals surface area contributed by atoms with E-state index in [4.69, 9.17) is 46.4 Å². The molecule has 0 aliphatic heterocycles. The van der Waals surface area contributed by atoms with Gasteiger partial charge in [-0.3, -0.25) is 0 Å². The second-order valence-corrected chi connectivity index (χ2v) is 3.53. The number of fused-ring (bicyclic) bond motifs is 1. The number of aromatic nitrogens is 4. The van der Waals surface area contributed by atoms with Crippen molar-refractivity contribution in [1.82, 2.24) is 19.6 Å². The van der Waals surface area contributed by atoms with Crippen molar-refractivity contribution in [3.8, 4) is 0 Å². The van der Waals surface area contributed by atoms with Crippen molar-refractivity contribution in [2.75, 3.05) is 0 Å². The monoisotopic (exact) mass is 256 g/mol. The average Bonchev–Trinajstić information content (AvgIpc) is 2.32. The molecule has 0 spiro atoms. The third-order valence-electron chi connectivity index (χ3n) is 1.30. The minimum Gasteiger partial charge on any atom is -0.196 e. The maximum absolute atomic E-state index is 5.73. The van der Waals surface area contributed by atoms with E-state index in [2.05, 4.69) is 15.1 Å². The lowest BCUT2D eigenvalue weighted by Crippen LogP contribution is -1.95. The van der Waals surface area contributed by atoms with Crippen LogP contribution in [0.25, 0.3) is 5.78 Å². The molecule has 0 amide bonds. The SMILES string of the molecule is Clc1nc2nc(Cl)c(Cl)n2nc1Cl. The number of imidazole rings is 1. The molecule has 0 bridgehead atoms. The van der Waals surface area contributed by atoms with E-state index in [0.717, 1.165) is 0 Å². The lowest BCUT2D eigenvalue weighted by Gasteiger charge is -1.94. The summed E-state index contributed by atoms with van der Waals surface area (Å²) in [5.41, 5.74) is 0. The van der Waals surface area contributed by atoms with Crippen molar-refractivity contribution in [2.24, 2.45) is 0 Å². The molecule has 0 aliphatic carbocycles. The first kappa shape index (κ1) is 9.27. The molecule has 0 N–H and O–H groups in total. The lowest BCUT2D eigenvalue weighted by atomic mass is 10.8. The van der Waals surface area contributed by atoms with Crippen LogP contribution in [0.2, 0.25) is 20.6 Å². The summed E-state index contributed by atoms with van der Waals surface area (Å²) in [6.45, 7) is 0. The number of hydrogen-bond donors (Lipinski definition) is 0. The molecule has 13 heavy (non-hydrogen) atoms. The summed E-state index contributed by atoms with van der Waals surface area (Å²) in [4.78, 5) is 7.61. The van der Waals surface area contributed by atoms with E-state index >= 15 is 0 Å². The van der Waals surface area contributed by atoms with Crippen LogP contribution >= 0.6 is 46.4 Å². The highest BCUT2D eigenvalue weighted by molar-refractivity contribution is 6.41. The first-order valence-corrected chi connectivity index (χ1v) is 4.53. The summed E-state index contributed by atoms with van der Waals surface area (Å²) in [6.07, 6.45) is 0. The van der Waals surface area contributed by atoms with Gasteiger partial charge < -0.3 is 0 Å². The van der Waals surface area contributed by atoms with Gasteiger partial charge in [-0.25, -0.2) is 0 Å². The van der Waals surface area contributed by atoms with Crippen molar-refractivity contribution >= 4 is 52.2 Å². The minimum absolute atomic E-state index is 0.0464. The standard InChI is InChI=1S/C5Cl4N4/c6-1-2(7)12-13-4(9)3(8)11-5(13)10-1. The van der Waals surface area contributed by atoms with Crippen molar-refractivity contribution in [3.63, 3.8) is 0 Å². The van der Waals surface area contributed by atoms with Crippen LogP contribution < -0.4 is 0 Å². The summed E-state index contributed by atoms with van der Waals surface area (Å²) in [5.74, 6) is 0.212. The normalized spacial score (nSPS) is 11.1. The van der Waals surface area contributed by atoms with E-state index < -0.39 is 0 Å². The molecule has 0 radical (unpaired) electrons. The van der Waals surface area contributed by atoms with Gasteiger partial charge in [0.05, 0.1) is 0 Å². The Hall–Kier alpha value is -0.290. The summed E-state index contributed by atoms with van der Waals surface area (Å²) in [5, 5.41) is 4.18. The predicted molar refractivity (Wildman–Crippen MR) is 50.8 cm³/mol. The van der Waals surface area contributed by atoms with Gasteiger partial charge in [0.25, 0.3) is 5.78 Å². The topological polar surface area (TPSA) is 43.1 Å². The van der Waals surface area contributed by atoms with E-state index in [1.165, 1.54) is 4.52 Å². The van der Waals surface area contributed by atoms with Gasteiger partial charge in [-0.05, 0) is 0 Å². The molecule has 2 heterocycles. The Kier molecular flexibility index (Phi) is 2.23. The highest BCUT2D eigenvalue weighted by Gasteiger charge is 2.12. The van der Waals surface area contributed by atoms with Gasteiger partial charge >= 0.3 is 0 Å². The minimum atomic E-state index is 0.0464. The van der Waals surface area contributed by atoms with Crippen molar-refractivity contribution in [3.05, 3.63) is 20.6 Å². The first-order chi connectivity index (χ1) is 6.09. The van der Waals surface area contributed by atoms with Crippen molar-refractivity contribution in [1.29, 1.82) is 0 Å². The number of rotatable bonds is 0. The van der Waals surface area contributed by atoms with Gasteiger partial charge in [-0.1, -0.05) is 46.4 Å². The Balaban J connectivity index is 2.89. The van der Waals surface area contributed by atoms with E-state index in [1.807, 2.05) is 0 Å². The Morgan fingerprint density at radius 1 is 0.846 bits per heavy atom. The smallest absolute Gasteiger partial charge is 0.196 e. The number of nitrogens with zero attached hydrogens (tertiary/aromatic N) is 4. The van der Waals surface area contributed by atoms with Crippen LogP contribution in [0.5, 0.6) is 0 Å². The quantitative estimate of drug-likeness (QED) is 0.729. The number of halogens is 4. The summed E-state index contributed by atoms with van der Waals surface area (Å²) < 4.78 is 1.21. The van der Waals surface area contributed by atoms with Crippen molar-refractivity contribution < 1.29 is 0 Å². The second kappa shape index (κ2) is 3.13. The lowest BCUT2D eigenvalue weighted by molar-refractivity contribution is 0.904. The zero-order valence-electron chi connectivity index (χ0n) is 5.80. The Morgan fingerprint density at radius 2 is 1.46 bits per heavy atom. The van der Waals surface area contributed by atoms with Crippen LogP contribution in [0.3, 0.4) is 0 Å². The molecule has 4 nitrogen and oxygen atoms in total. The van der Waals surface area contributed by atoms with Gasteiger partial charge in [-0.2, -0.15) is 14.5 Å². The highest BCUT2D eigenvalue weighted by atomic mass is 35.5. The van der Waals surface area contributed by atoms with E-state index in [9.17, 15) is 0 Å². The molecule has 0 saturated carbocycles. The zero-order chi connectivity index (χ0) is 9.59. The van der Waals surface area contributed by atoms with Crippen LogP contribution in [0.1, 0.15) is 0 Å². The molecule has 0 atom stereocenters. The summed E-state index contributed by atoms with van der Waals surface area (Å²) in [7, 11) is 0. The fraction of sp³-hybridized carbons (Fsp3) is 0. The number of hydrogen-bond acceptors (Lipinski definition) is 3. The fourth-order valence-electron chi connectivity index (χ4n) is 0.780. The van der Waals surface area contributed by atoms with Crippen molar-refractivity contribution in [2.45, 2.75) is 0 Å². The molecule has 0 aliphatic rings. The Morgan fingerprint density at radius 3 is 2.15 bits per heavy atom. The molecule has 68 valence electrons. The largest absolute Gasteiger partial charge is 0.255 e. The molecule has 0 fully saturated rings. The van der Waals surface area contributed by atoms with E-state index in [1.54, 1.807) is 0 Å². The summed E-state index contributed by atoms with van der Waals surface area (Å²) >= 11 is 22.6.